The van der Waals surface area contributed by atoms with Crippen molar-refractivity contribution in [2.24, 2.45) is 0 Å². The largest absolute Gasteiger partial charge is 0.527 e. The second kappa shape index (κ2) is 22.5. The minimum absolute atomic E-state index is 0. The molecule has 0 fully saturated rings. The van der Waals surface area contributed by atoms with Gasteiger partial charge in [-0.1, -0.05) is 6.79 Å². The first-order chi connectivity index (χ1) is 2.41. The van der Waals surface area contributed by atoms with Gasteiger partial charge >= 0.3 is 0 Å². The zero-order chi connectivity index (χ0) is 4.12. The van der Waals surface area contributed by atoms with E-state index in [2.05, 4.69) is 9.47 Å². The van der Waals surface area contributed by atoms with Gasteiger partial charge in [-0.25, -0.2) is 0 Å². The predicted octanol–water partition coefficient (Wildman–Crippen LogP) is 0.391. The van der Waals surface area contributed by atoms with E-state index in [-0.39, 0.29) is 98.1 Å². The number of rotatable bonds is 2. The monoisotopic (exact) mass is 342 g/mol. The minimum Gasteiger partial charge on any atom is -0.527 e. The summed E-state index contributed by atoms with van der Waals surface area (Å²) in [6.45, 7) is 1.25. The Labute approximate surface area is 126 Å². The van der Waals surface area contributed by atoms with Gasteiger partial charge < -0.3 is 9.47 Å². The molecule has 3 radical (unpaired) electrons. The summed E-state index contributed by atoms with van der Waals surface area (Å²) >= 11 is 0. The van der Waals surface area contributed by atoms with Crippen molar-refractivity contribution in [3.05, 3.63) is 6.79 Å². The molecule has 0 amide bonds. The third-order valence-electron chi connectivity index (χ3n) is 0.192. The quantitative estimate of drug-likeness (QED) is 0.677. The van der Waals surface area contributed by atoms with Gasteiger partial charge in [0.05, 0.1) is 0 Å². The molecule has 0 N–H and O–H groups in total. The normalized spacial score (nSPS) is 5.25. The molecule has 0 aromatic carbocycles. The van der Waals surface area contributed by atoms with Crippen LogP contribution in [0.2, 0.25) is 0 Å². The summed E-state index contributed by atoms with van der Waals surface area (Å²) in [5.74, 6) is 0. The fourth-order valence-corrected chi connectivity index (χ4v) is 0.0962. The summed E-state index contributed by atoms with van der Waals surface area (Å²) in [6.07, 6.45) is 0. The third kappa shape index (κ3) is 22.9. The van der Waals surface area contributed by atoms with E-state index in [1.54, 1.807) is 0 Å². The molecular weight excluding hydrogens is 335 g/mol. The van der Waals surface area contributed by atoms with E-state index in [4.69, 9.17) is 0 Å². The van der Waals surface area contributed by atoms with Gasteiger partial charge in [-0.15, -0.1) is 0 Å². The van der Waals surface area contributed by atoms with E-state index in [0.717, 1.165) is 0 Å². The number of methoxy groups -OCH3 is 2. The molecule has 0 atom stereocenters. The first-order valence-corrected chi connectivity index (χ1v) is 1.29. The summed E-state index contributed by atoms with van der Waals surface area (Å²) in [5.41, 5.74) is 0. The molecule has 0 heterocycles. The van der Waals surface area contributed by atoms with Gasteiger partial charge in [-0.2, -0.15) is 0 Å². The van der Waals surface area contributed by atoms with Gasteiger partial charge in [0.2, 0.25) is 0 Å². The molecule has 0 unspecified atom stereocenters. The fraction of sp³-hybridized carbons (Fsp3) is 0.667. The average Bonchev–Trinajstić information content (AvgIpc) is 1.41. The Kier molecular flexibility index (Phi) is 63.1. The van der Waals surface area contributed by atoms with Crippen LogP contribution in [0, 0.1) is 6.79 Å². The van der Waals surface area contributed by atoms with Crippen LogP contribution in [-0.4, -0.2) is 14.2 Å². The second-order valence-corrected chi connectivity index (χ2v) is 0.568. The molecule has 0 aliphatic carbocycles. The summed E-state index contributed by atoms with van der Waals surface area (Å²) in [5, 5.41) is 0. The van der Waals surface area contributed by atoms with Crippen LogP contribution in [0.5, 0.6) is 0 Å². The molecule has 8 heavy (non-hydrogen) atoms. The Hall–Kier alpha value is 3.23. The van der Waals surface area contributed by atoms with E-state index in [1.165, 1.54) is 21.0 Å². The average molecular weight is 342 g/mol. The van der Waals surface area contributed by atoms with Gasteiger partial charge in [0.25, 0.3) is 0 Å². The molecule has 0 bridgehead atoms. The first-order valence-electron chi connectivity index (χ1n) is 1.29. The predicted molar refractivity (Wildman–Crippen MR) is 18.3 cm³/mol. The maximum atomic E-state index is 4.34. The van der Waals surface area contributed by atoms with Crippen molar-refractivity contribution in [2.45, 2.75) is 0 Å². The maximum absolute atomic E-state index is 4.34. The fourth-order valence-electron chi connectivity index (χ4n) is 0.0962. The van der Waals surface area contributed by atoms with Crippen LogP contribution in [0.25, 0.3) is 0 Å². The summed E-state index contributed by atoms with van der Waals surface area (Å²) in [4.78, 5) is 0. The van der Waals surface area contributed by atoms with Gasteiger partial charge in [0, 0.05) is 112 Å². The van der Waals surface area contributed by atoms with Gasteiger partial charge in [0.1, 0.15) is 0 Å². The van der Waals surface area contributed by atoms with Crippen LogP contribution < -0.4 is 0 Å². The van der Waals surface area contributed by atoms with E-state index in [0.29, 0.717) is 0 Å². The molecule has 0 aromatic rings. The van der Waals surface area contributed by atoms with Crippen molar-refractivity contribution in [3.8, 4) is 0 Å². The zero-order valence-electron chi connectivity index (χ0n) is 5.13. The topological polar surface area (TPSA) is 18.5 Å². The molecule has 0 saturated heterocycles. The van der Waals surface area contributed by atoms with Crippen LogP contribution in [0.1, 0.15) is 0 Å². The summed E-state index contributed by atoms with van der Waals surface area (Å²) < 4.78 is 8.69. The van der Waals surface area contributed by atoms with Crippen molar-refractivity contribution in [1.82, 2.24) is 0 Å². The Balaban J connectivity index is -0.0000000267. The van der Waals surface area contributed by atoms with Crippen molar-refractivity contribution in [2.75, 3.05) is 14.2 Å². The molecule has 0 aliphatic rings. The third-order valence-corrected chi connectivity index (χ3v) is 0.192. The van der Waals surface area contributed by atoms with Crippen molar-refractivity contribution in [3.63, 3.8) is 0 Å². The van der Waals surface area contributed by atoms with Gasteiger partial charge in [0.15, 0.2) is 0 Å². The number of hydrogen-bond acceptors (Lipinski definition) is 2. The van der Waals surface area contributed by atoms with Gasteiger partial charge in [-0.05, 0) is 0 Å². The standard InChI is InChI=1S/C3H7O2.3Y/c1-4-3-5-2;;;/h3H,1-2H3;;;/q-1;;;. The minimum atomic E-state index is 0. The number of hydrogen-bond donors (Lipinski definition) is 0. The zero-order valence-corrected chi connectivity index (χ0v) is 13.6. The van der Waals surface area contributed by atoms with E-state index in [9.17, 15) is 0 Å². The molecule has 0 aromatic heterocycles. The molecule has 41 valence electrons. The maximum Gasteiger partial charge on any atom is 0.00103 e. The molecule has 0 rings (SSSR count). The summed E-state index contributed by atoms with van der Waals surface area (Å²) in [6, 6.07) is 0. The molecular formula is C3H7O2Y3-. The Morgan fingerprint density at radius 2 is 1.12 bits per heavy atom. The van der Waals surface area contributed by atoms with E-state index < -0.39 is 0 Å². The van der Waals surface area contributed by atoms with Crippen LogP contribution in [0.4, 0.5) is 0 Å². The molecule has 0 saturated carbocycles. The molecule has 5 heteroatoms. The smallest absolute Gasteiger partial charge is 0.00103 e. The van der Waals surface area contributed by atoms with Crippen LogP contribution >= 0.6 is 0 Å². The summed E-state index contributed by atoms with van der Waals surface area (Å²) in [7, 11) is 3.06. The van der Waals surface area contributed by atoms with Crippen molar-refractivity contribution in [1.29, 1.82) is 0 Å². The van der Waals surface area contributed by atoms with Crippen LogP contribution in [0.15, 0.2) is 0 Å². The molecule has 0 aliphatic heterocycles. The van der Waals surface area contributed by atoms with E-state index in [1.807, 2.05) is 0 Å². The Morgan fingerprint density at radius 1 is 0.875 bits per heavy atom. The molecule has 0 spiro atoms. The van der Waals surface area contributed by atoms with Crippen LogP contribution in [0.3, 0.4) is 0 Å². The SMILES string of the molecule is CO[CH-]OC.[Y].[Y].[Y]. The second-order valence-electron chi connectivity index (χ2n) is 0.568. The molecule has 2 nitrogen and oxygen atoms in total. The first kappa shape index (κ1) is 22.5. The van der Waals surface area contributed by atoms with Crippen molar-refractivity contribution >= 4 is 0 Å². The van der Waals surface area contributed by atoms with Crippen molar-refractivity contribution < 1.29 is 108 Å². The Morgan fingerprint density at radius 3 is 1.12 bits per heavy atom. The van der Waals surface area contributed by atoms with E-state index >= 15 is 0 Å². The Bertz CT molecular complexity index is 20.0. The van der Waals surface area contributed by atoms with Crippen LogP contribution in [-0.2, 0) is 108 Å². The van der Waals surface area contributed by atoms with Gasteiger partial charge in [-0.3, -0.25) is 0 Å². The number of ether oxygens (including phenoxy) is 2.